The molecule has 2 amide bonds. The Kier molecular flexibility index (Phi) is 21.4. The van der Waals surface area contributed by atoms with Crippen molar-refractivity contribution in [3.63, 3.8) is 0 Å². The Morgan fingerprint density at radius 3 is 1.51 bits per heavy atom. The summed E-state index contributed by atoms with van der Waals surface area (Å²) in [6.45, 7) is 29.9. The molecule has 0 saturated carbocycles. The van der Waals surface area contributed by atoms with Gasteiger partial charge in [0.25, 0.3) is 11.1 Å². The third-order valence-corrected chi connectivity index (χ3v) is 21.8. The number of nitrogens with one attached hydrogen (secondary N) is 4. The molecule has 6 heterocycles. The van der Waals surface area contributed by atoms with Crippen LogP contribution in [-0.2, 0) is 27.9 Å². The molecule has 0 bridgehead atoms. The normalized spacial score (nSPS) is 23.2. The topological polar surface area (TPSA) is 315 Å². The second-order valence-electron chi connectivity index (χ2n) is 20.4. The van der Waals surface area contributed by atoms with Crippen LogP contribution in [0.4, 0.5) is 11.9 Å². The number of halogens is 1. The van der Waals surface area contributed by atoms with Gasteiger partial charge in [-0.2, -0.15) is 9.97 Å². The molecule has 8 atom stereocenters. The first-order valence-electron chi connectivity index (χ1n) is 22.8. The number of H-pyrrole nitrogens is 2. The molecule has 2 saturated heterocycles. The van der Waals surface area contributed by atoms with Gasteiger partial charge in [-0.25, -0.2) is 9.97 Å². The number of aliphatic hydroxyl groups is 2. The summed E-state index contributed by atoms with van der Waals surface area (Å²) >= 11 is 1.51. The van der Waals surface area contributed by atoms with Gasteiger partial charge in [-0.3, -0.25) is 52.8 Å². The lowest BCUT2D eigenvalue weighted by molar-refractivity contribution is -0.119. The molecule has 0 spiro atoms. The van der Waals surface area contributed by atoms with E-state index < -0.39 is 64.6 Å². The number of carbonyl (C=O) groups excluding carboxylic acids is 2. The Bertz CT molecular complexity index is 2320. The molecule has 25 heteroatoms. The Hall–Kier alpha value is -3.52. The van der Waals surface area contributed by atoms with E-state index in [1.165, 1.54) is 35.5 Å². The van der Waals surface area contributed by atoms with Crippen LogP contribution in [-0.4, -0.2) is 121 Å². The first kappa shape index (κ1) is 59.8. The van der Waals surface area contributed by atoms with Crippen molar-refractivity contribution in [1.82, 2.24) is 39.0 Å². The molecule has 0 unspecified atom stereocenters. The average Bonchev–Trinajstić information content (AvgIpc) is 3.98. The van der Waals surface area contributed by atoms with Crippen LogP contribution in [0.5, 0.6) is 0 Å². The van der Waals surface area contributed by atoms with Crippen molar-refractivity contribution in [2.45, 2.75) is 178 Å². The average molecular weight is 1130 g/mol. The van der Waals surface area contributed by atoms with Gasteiger partial charge in [0.15, 0.2) is 51.4 Å². The summed E-state index contributed by atoms with van der Waals surface area (Å²) in [4.78, 5) is 71.7. The van der Waals surface area contributed by atoms with Gasteiger partial charge in [-0.15, -0.1) is 0 Å². The van der Waals surface area contributed by atoms with Gasteiger partial charge in [-0.05, 0) is 36.3 Å². The van der Waals surface area contributed by atoms with E-state index in [0.717, 1.165) is 0 Å². The van der Waals surface area contributed by atoms with Crippen LogP contribution in [0.2, 0.25) is 39.1 Å². The summed E-state index contributed by atoms with van der Waals surface area (Å²) in [6, 6.07) is -0.585. The number of carbonyl (C=O) groups is 2. The molecule has 394 valence electrons. The standard InChI is InChI=1S/C21H35N5O5Si.C20H34N6O5Si.3CH4.H2IN/c1-11(2)17(28)24-20-23-16-14(18(29)25-20)22-10-26(16)19-15(12(3)13(9-27)30-19)31-32(7,8)21(4,5)6;1-10(2)16(28)24-19-23-15-13(17(29)25-19)22-9-26(15)18-14(12(21)11(8-27)30-18)31-32(6,7)20(3,4)5;;;;1-2/h10-13,15,19,27H,9H2,1-8H3,(H2,23,24,25,28,29);9-12,14,18,27H,8,21H2,1-7H3,(H2,23,24,25,28,29);3*1H4;2H2/t12-,13-,15-,19-;11-,12-,14-,18-;;;;/m11..../s1/i/hTD. The summed E-state index contributed by atoms with van der Waals surface area (Å²) < 4.78 is 41.4. The number of ether oxygens (including phenoxy) is 2. The Morgan fingerprint density at radius 2 is 1.16 bits per heavy atom. The number of hydrogen-bond donors (Lipinski definition) is 8. The monoisotopic (exact) mass is 1130 g/mol. The van der Waals surface area contributed by atoms with Gasteiger partial charge in [0, 0.05) is 40.6 Å². The summed E-state index contributed by atoms with van der Waals surface area (Å²) in [6.07, 6.45) is -0.433. The maximum absolute atomic E-state index is 12.6. The first-order chi connectivity index (χ1) is 31.3. The number of nitrogens with two attached hydrogens (primary N) is 2. The fourth-order valence-electron chi connectivity index (χ4n) is 6.62. The molecule has 4 aromatic rings. The first-order valence-corrected chi connectivity index (χ1v) is 28.7. The zero-order valence-corrected chi connectivity index (χ0v) is 44.7. The lowest BCUT2D eigenvalue weighted by Gasteiger charge is -2.40. The van der Waals surface area contributed by atoms with Gasteiger partial charge in [0.2, 0.25) is 23.7 Å². The van der Waals surface area contributed by atoms with Crippen LogP contribution in [0.3, 0.4) is 0 Å². The van der Waals surface area contributed by atoms with Gasteiger partial charge in [0.1, 0.15) is 15.0 Å². The molecular weight excluding hydrogens is 1040 g/mol. The smallest absolute Gasteiger partial charge is 0.280 e. The molecule has 22 nitrogen and oxygen atoms in total. The van der Waals surface area contributed by atoms with Crippen LogP contribution in [0, 0.1) is 17.8 Å². The highest BCUT2D eigenvalue weighted by Crippen LogP contribution is 2.45. The minimum absolute atomic E-state index is 0. The lowest BCUT2D eigenvalue weighted by atomic mass is 10.0. The second kappa shape index (κ2) is 24.7. The lowest BCUT2D eigenvalue weighted by Crippen LogP contribution is -2.51. The minimum atomic E-state index is -2.25. The Balaban J connectivity index is 0.000000635. The second-order valence-corrected chi connectivity index (χ2v) is 29.9. The molecule has 0 aliphatic carbocycles. The number of rotatable bonds is 12. The third kappa shape index (κ3) is 13.9. The fraction of sp³-hybridized carbons (Fsp3) is 0.727. The van der Waals surface area contributed by atoms with Crippen molar-refractivity contribution < 1.29 is 41.0 Å². The number of nitrogens with zero attached hydrogens (tertiary/aromatic N) is 6. The number of aromatic nitrogens is 8. The maximum atomic E-state index is 12.6. The summed E-state index contributed by atoms with van der Waals surface area (Å²) in [5.41, 5.74) is 6.22. The van der Waals surface area contributed by atoms with E-state index in [1.807, 2.05) is 6.92 Å². The summed E-state index contributed by atoms with van der Waals surface area (Å²) in [7, 11) is -4.43. The van der Waals surface area contributed by atoms with Crippen molar-refractivity contribution in [2.75, 3.05) is 23.8 Å². The highest BCUT2D eigenvalue weighted by atomic mass is 127. The zero-order valence-electron chi connectivity index (χ0n) is 42.6. The van der Waals surface area contributed by atoms with Gasteiger partial charge in [-0.1, -0.05) is 98.4 Å². The van der Waals surface area contributed by atoms with E-state index in [1.54, 1.807) is 36.8 Å². The molecule has 2 fully saturated rings. The van der Waals surface area contributed by atoms with Gasteiger partial charge >= 0.3 is 0 Å². The number of aliphatic hydroxyl groups excluding tert-OH is 2. The Labute approximate surface area is 425 Å². The molecule has 69 heavy (non-hydrogen) atoms. The van der Waals surface area contributed by atoms with Gasteiger partial charge < -0.3 is 34.3 Å². The summed E-state index contributed by atoms with van der Waals surface area (Å²) in [5.74, 6) is -1.11. The number of amides is 2. The molecule has 2 aliphatic heterocycles. The molecule has 0 aromatic carbocycles. The van der Waals surface area contributed by atoms with Crippen LogP contribution < -0.4 is 31.4 Å². The van der Waals surface area contributed by atoms with Crippen molar-refractivity contribution in [3.8, 4) is 0 Å². The van der Waals surface area contributed by atoms with Crippen LogP contribution in [0.15, 0.2) is 22.2 Å². The van der Waals surface area contributed by atoms with Crippen LogP contribution in [0.1, 0.15) is 111 Å². The number of hydrogen-bond acceptors (Lipinski definition) is 16. The maximum Gasteiger partial charge on any atom is 0.280 e. The van der Waals surface area contributed by atoms with E-state index >= 15 is 0 Å². The Morgan fingerprint density at radius 1 is 0.812 bits per heavy atom. The SMILES string of the molecule is C.C.C.CC(C)C(=O)Nc1nc2c(ncn2[C@@H]2O[C@H](CO)[C@@H](C)[C@H]2O[Si](C)(C)C(C)(C)C)c(=O)[nH]1.CC(C)C(=O)Nc1nc2c(ncn2[C@@H]2O[C@H](CO)[C@@H](N)[C@H]2O[Si](C)(C)C(C)(C)C)c(=O)[nH]1.[2H]N([3H])I. The summed E-state index contributed by atoms with van der Waals surface area (Å²) in [5, 5.41) is 24.8. The number of imidazole rings is 2. The number of anilines is 2. The molecule has 2 aliphatic rings. The minimum Gasteiger partial charge on any atom is -0.409 e. The van der Waals surface area contributed by atoms with Crippen molar-refractivity contribution in [1.29, 1.82) is 0 Å². The van der Waals surface area contributed by atoms with Gasteiger partial charge in [0.05, 0.1) is 44.1 Å². The highest BCUT2D eigenvalue weighted by molar-refractivity contribution is 14.1. The zero-order chi connectivity index (χ0) is 51.6. The number of fused-ring (bicyclic) bond motifs is 2. The van der Waals surface area contributed by atoms with E-state index in [2.05, 4.69) is 108 Å². The third-order valence-electron chi connectivity index (χ3n) is 12.9. The van der Waals surface area contributed by atoms with E-state index in [-0.39, 0.29) is 115 Å². The van der Waals surface area contributed by atoms with Crippen molar-refractivity contribution >= 4 is 85.5 Å². The van der Waals surface area contributed by atoms with E-state index in [0.29, 0.717) is 3.93 Å². The molecular formula is C44H83IN12O10Si2. The van der Waals surface area contributed by atoms with E-state index in [4.69, 9.17) is 26.9 Å². The molecule has 10 N–H and O–H groups in total. The van der Waals surface area contributed by atoms with E-state index in [9.17, 15) is 29.4 Å². The highest BCUT2D eigenvalue weighted by Gasteiger charge is 2.51. The predicted molar refractivity (Wildman–Crippen MR) is 285 cm³/mol. The van der Waals surface area contributed by atoms with Crippen LogP contribution in [0.25, 0.3) is 22.3 Å². The van der Waals surface area contributed by atoms with Crippen molar-refractivity contribution in [3.05, 3.63) is 33.4 Å². The molecule has 6 rings (SSSR count). The molecule has 0 radical (unpaired) electrons. The fourth-order valence-corrected chi connectivity index (χ4v) is 9.30. The largest absolute Gasteiger partial charge is 0.409 e. The molecule has 4 aromatic heterocycles. The number of aromatic amines is 2. The quantitative estimate of drug-likeness (QED) is 0.0448. The van der Waals surface area contributed by atoms with Crippen molar-refractivity contribution in [2.24, 2.45) is 27.4 Å². The predicted octanol–water partition coefficient (Wildman–Crippen LogP) is 6.16. The van der Waals surface area contributed by atoms with Crippen LogP contribution >= 0.6 is 22.9 Å².